The Labute approximate surface area is 220 Å². The van der Waals surface area contributed by atoms with Crippen LogP contribution in [-0.2, 0) is 35.2 Å². The SMILES string of the molecule is CON=C(C(=O)N[C@@H]1C(=O)N2C(C(=O)O)=C(CSc3nnc(CC(=O)OC)o3)CS[C@@H]12)c1csc(N)n1. The lowest BCUT2D eigenvalue weighted by atomic mass is 10.0. The number of nitrogen functional groups attached to an aromatic ring is 1. The molecule has 0 aliphatic carbocycles. The molecule has 0 aromatic carbocycles. The van der Waals surface area contributed by atoms with E-state index in [0.29, 0.717) is 5.57 Å². The Hall–Kier alpha value is -3.64. The number of thioether (sulfide) groups is 2. The van der Waals surface area contributed by atoms with Gasteiger partial charge >= 0.3 is 11.9 Å². The molecule has 4 rings (SSSR count). The first-order chi connectivity index (χ1) is 17.7. The van der Waals surface area contributed by atoms with Gasteiger partial charge in [0, 0.05) is 16.9 Å². The van der Waals surface area contributed by atoms with Crippen LogP contribution in [0.4, 0.5) is 5.13 Å². The van der Waals surface area contributed by atoms with Gasteiger partial charge in [0.25, 0.3) is 17.0 Å². The predicted octanol–water partition coefficient (Wildman–Crippen LogP) is -0.295. The molecule has 18 heteroatoms. The van der Waals surface area contributed by atoms with Crippen molar-refractivity contribution in [1.29, 1.82) is 0 Å². The Morgan fingerprint density at radius 1 is 1.38 bits per heavy atom. The number of carbonyl (C=O) groups is 4. The minimum absolute atomic E-state index is 0.0631. The van der Waals surface area contributed by atoms with Gasteiger partial charge in [0.1, 0.15) is 36.3 Å². The highest BCUT2D eigenvalue weighted by Crippen LogP contribution is 2.41. The average Bonchev–Trinajstić information content (AvgIpc) is 3.51. The van der Waals surface area contributed by atoms with Crippen molar-refractivity contribution in [2.75, 3.05) is 31.5 Å². The lowest BCUT2D eigenvalue weighted by molar-refractivity contribution is -0.150. The zero-order valence-corrected chi connectivity index (χ0v) is 21.6. The molecule has 37 heavy (non-hydrogen) atoms. The number of rotatable bonds is 10. The number of hydrogen-bond acceptors (Lipinski definition) is 15. The molecule has 2 amide bonds. The number of aliphatic carboxylic acids is 1. The first-order valence-electron chi connectivity index (χ1n) is 10.3. The van der Waals surface area contributed by atoms with Crippen LogP contribution in [0.1, 0.15) is 11.6 Å². The van der Waals surface area contributed by atoms with E-state index in [0.717, 1.165) is 28.0 Å². The smallest absolute Gasteiger partial charge is 0.352 e. The fourth-order valence-corrected chi connectivity index (χ4v) is 6.22. The predicted molar refractivity (Wildman–Crippen MR) is 130 cm³/mol. The number of anilines is 1. The van der Waals surface area contributed by atoms with Crippen molar-refractivity contribution in [3.8, 4) is 0 Å². The summed E-state index contributed by atoms with van der Waals surface area (Å²) in [6, 6.07) is -0.976. The molecule has 2 aromatic rings. The highest BCUT2D eigenvalue weighted by Gasteiger charge is 2.54. The second-order valence-corrected chi connectivity index (χ2v) is 10.2. The molecule has 15 nitrogen and oxygen atoms in total. The molecular formula is C19H19N7O8S3. The van der Waals surface area contributed by atoms with E-state index in [1.807, 2.05) is 0 Å². The summed E-state index contributed by atoms with van der Waals surface area (Å²) in [5.74, 6) is -2.63. The van der Waals surface area contributed by atoms with Crippen LogP contribution in [0.15, 0.2) is 31.4 Å². The lowest BCUT2D eigenvalue weighted by Crippen LogP contribution is -2.71. The Balaban J connectivity index is 1.44. The maximum atomic E-state index is 12.9. The van der Waals surface area contributed by atoms with Crippen molar-refractivity contribution in [2.45, 2.75) is 23.1 Å². The van der Waals surface area contributed by atoms with Crippen LogP contribution >= 0.6 is 34.9 Å². The van der Waals surface area contributed by atoms with Gasteiger partial charge in [0.05, 0.1) is 7.11 Å². The van der Waals surface area contributed by atoms with Gasteiger partial charge < -0.3 is 30.1 Å². The van der Waals surface area contributed by atoms with Gasteiger partial charge in [-0.25, -0.2) is 9.78 Å². The molecule has 0 radical (unpaired) electrons. The lowest BCUT2D eigenvalue weighted by Gasteiger charge is -2.49. The highest BCUT2D eigenvalue weighted by atomic mass is 32.2. The molecule has 0 saturated carbocycles. The Morgan fingerprint density at radius 2 is 2.16 bits per heavy atom. The third kappa shape index (κ3) is 5.54. The third-order valence-corrected chi connectivity index (χ3v) is 7.96. The van der Waals surface area contributed by atoms with Crippen molar-refractivity contribution in [3.05, 3.63) is 28.2 Å². The number of amides is 2. The number of β-lactam (4-membered cyclic amide) rings is 1. The van der Waals surface area contributed by atoms with Crippen LogP contribution in [0, 0.1) is 0 Å². The summed E-state index contributed by atoms with van der Waals surface area (Å²) in [5.41, 5.74) is 5.94. The van der Waals surface area contributed by atoms with Gasteiger partial charge in [-0.05, 0) is 5.57 Å². The molecule has 0 unspecified atom stereocenters. The summed E-state index contributed by atoms with van der Waals surface area (Å²) >= 11 is 3.48. The Kier molecular flexibility index (Phi) is 7.98. The first-order valence-corrected chi connectivity index (χ1v) is 13.2. The standard InChI is InChI=1S/C19H19N7O8S3/c1-32-10(27)3-9-23-24-19(34-9)37-5-7-4-35-16-12(15(29)26(16)13(7)17(30)31)22-14(28)11(25-33-2)8-6-36-18(20)21-8/h6,12,16H,3-5H2,1-2H3,(H2,20,21)(H,22,28)(H,30,31)/t12-,16+/m1/s1. The van der Waals surface area contributed by atoms with Gasteiger partial charge in [-0.2, -0.15) is 0 Å². The van der Waals surface area contributed by atoms with E-state index >= 15 is 0 Å². The fourth-order valence-electron chi connectivity index (χ4n) is 3.41. The summed E-state index contributed by atoms with van der Waals surface area (Å²) in [6.45, 7) is 0. The number of fused-ring (bicyclic) bond motifs is 1. The number of methoxy groups -OCH3 is 1. The molecule has 2 aromatic heterocycles. The molecule has 1 fully saturated rings. The van der Waals surface area contributed by atoms with Crippen molar-refractivity contribution in [3.63, 3.8) is 0 Å². The van der Waals surface area contributed by atoms with Crippen molar-refractivity contribution >= 4 is 69.5 Å². The molecular weight excluding hydrogens is 550 g/mol. The van der Waals surface area contributed by atoms with E-state index in [9.17, 15) is 24.3 Å². The summed E-state index contributed by atoms with van der Waals surface area (Å²) in [7, 11) is 2.49. The van der Waals surface area contributed by atoms with Crippen LogP contribution in [0.25, 0.3) is 0 Å². The number of hydrogen-bond donors (Lipinski definition) is 3. The van der Waals surface area contributed by atoms with Crippen LogP contribution in [0.2, 0.25) is 0 Å². The van der Waals surface area contributed by atoms with Gasteiger partial charge in [-0.15, -0.1) is 33.3 Å². The molecule has 1 saturated heterocycles. The molecule has 0 spiro atoms. The molecule has 2 aliphatic heterocycles. The van der Waals surface area contributed by atoms with Gasteiger partial charge in [-0.3, -0.25) is 19.3 Å². The van der Waals surface area contributed by atoms with Gasteiger partial charge in [-0.1, -0.05) is 16.9 Å². The average molecular weight is 570 g/mol. The summed E-state index contributed by atoms with van der Waals surface area (Å²) in [6.07, 6.45) is -0.188. The highest BCUT2D eigenvalue weighted by molar-refractivity contribution is 8.01. The van der Waals surface area contributed by atoms with Crippen molar-refractivity contribution in [1.82, 2.24) is 25.4 Å². The number of nitrogens with two attached hydrogens (primary N) is 1. The number of thiazole rings is 1. The number of esters is 1. The van der Waals surface area contributed by atoms with Crippen molar-refractivity contribution < 1.29 is 38.3 Å². The largest absolute Gasteiger partial charge is 0.477 e. The van der Waals surface area contributed by atoms with Crippen molar-refractivity contribution in [2.24, 2.45) is 5.16 Å². The van der Waals surface area contributed by atoms with E-state index in [1.54, 1.807) is 0 Å². The van der Waals surface area contributed by atoms with Crippen LogP contribution in [0.3, 0.4) is 0 Å². The normalized spacial score (nSPS) is 19.2. The number of nitrogens with zero attached hydrogens (tertiary/aromatic N) is 5. The molecule has 0 bridgehead atoms. The monoisotopic (exact) mass is 569 g/mol. The number of nitrogens with one attached hydrogen (secondary N) is 1. The summed E-state index contributed by atoms with van der Waals surface area (Å²) in [4.78, 5) is 59.0. The van der Waals surface area contributed by atoms with Gasteiger partial charge in [0.2, 0.25) is 5.89 Å². The summed E-state index contributed by atoms with van der Waals surface area (Å²) in [5, 5.41) is 24.9. The van der Waals surface area contributed by atoms with E-state index < -0.39 is 35.2 Å². The number of ether oxygens (including phenoxy) is 1. The number of oxime groups is 1. The second kappa shape index (κ2) is 11.2. The zero-order chi connectivity index (χ0) is 26.7. The Bertz CT molecular complexity index is 1310. The van der Waals surface area contributed by atoms with Crippen LogP contribution in [0.5, 0.6) is 0 Å². The minimum Gasteiger partial charge on any atom is -0.477 e. The second-order valence-electron chi connectivity index (χ2n) is 7.31. The Morgan fingerprint density at radius 3 is 2.81 bits per heavy atom. The minimum atomic E-state index is -1.28. The third-order valence-electron chi connectivity index (χ3n) is 5.04. The van der Waals surface area contributed by atoms with E-state index in [2.05, 4.69) is 30.4 Å². The van der Waals surface area contributed by atoms with Crippen LogP contribution in [-0.4, -0.2) is 91.8 Å². The number of carboxylic acid groups (broad SMARTS) is 1. The first kappa shape index (κ1) is 26.4. The molecule has 4 heterocycles. The maximum Gasteiger partial charge on any atom is 0.352 e. The van der Waals surface area contributed by atoms with Gasteiger partial charge in [0.15, 0.2) is 10.8 Å². The molecule has 196 valence electrons. The maximum absolute atomic E-state index is 12.9. The number of carbonyl (C=O) groups excluding carboxylic acids is 3. The number of aromatic nitrogens is 3. The topological polar surface area (TPSA) is 212 Å². The summed E-state index contributed by atoms with van der Waals surface area (Å²) < 4.78 is 9.91. The van der Waals surface area contributed by atoms with Crippen LogP contribution < -0.4 is 11.1 Å². The van der Waals surface area contributed by atoms with E-state index in [-0.39, 0.29) is 51.3 Å². The quantitative estimate of drug-likeness (QED) is 0.110. The molecule has 4 N–H and O–H groups in total. The molecule has 2 atom stereocenters. The number of carboxylic acids is 1. The zero-order valence-electron chi connectivity index (χ0n) is 19.2. The van der Waals surface area contributed by atoms with E-state index in [4.69, 9.17) is 15.0 Å². The fraction of sp³-hybridized carbons (Fsp3) is 0.368. The van der Waals surface area contributed by atoms with E-state index in [1.165, 1.54) is 31.4 Å². The molecule has 2 aliphatic rings.